The highest BCUT2D eigenvalue weighted by Gasteiger charge is 2.14. The van der Waals surface area contributed by atoms with Crippen molar-refractivity contribution < 1.29 is 14.3 Å². The Kier molecular flexibility index (Phi) is 9.74. The summed E-state index contributed by atoms with van der Waals surface area (Å²) in [6.45, 7) is 12.4. The molecule has 6 heteroatoms. The Morgan fingerprint density at radius 2 is 1.57 bits per heavy atom. The van der Waals surface area contributed by atoms with E-state index in [1.165, 1.54) is 6.21 Å². The second-order valence-corrected chi connectivity index (χ2v) is 8.40. The average molecular weight is 494 g/mol. The molecule has 0 aliphatic carbocycles. The minimum atomic E-state index is -0.406. The van der Waals surface area contributed by atoms with Gasteiger partial charge in [0.05, 0.1) is 5.70 Å². The number of benzene rings is 3. The predicted octanol–water partition coefficient (Wildman–Crippen LogP) is 6.37. The number of ether oxygens (including phenoxy) is 1. The monoisotopic (exact) mass is 493 g/mol. The molecule has 0 aliphatic rings. The smallest absolute Gasteiger partial charge is 0.264 e. The topological polar surface area (TPSA) is 71.0 Å². The van der Waals surface area contributed by atoms with E-state index in [4.69, 9.17) is 4.74 Å². The molecule has 3 aromatic rings. The summed E-state index contributed by atoms with van der Waals surface area (Å²) in [6, 6.07) is 25.2. The summed E-state index contributed by atoms with van der Waals surface area (Å²) in [7, 11) is 0. The van der Waals surface area contributed by atoms with Crippen molar-refractivity contribution in [1.29, 1.82) is 0 Å². The van der Waals surface area contributed by atoms with Crippen LogP contribution in [0.25, 0.3) is 11.3 Å². The number of para-hydroxylation sites is 1. The molecule has 0 atom stereocenters. The van der Waals surface area contributed by atoms with Crippen molar-refractivity contribution in [3.8, 4) is 11.5 Å². The number of hydrogen-bond acceptors (Lipinski definition) is 5. The molecule has 0 unspecified atom stereocenters. The summed E-state index contributed by atoms with van der Waals surface area (Å²) in [5, 5.41) is 8.62. The first-order chi connectivity index (χ1) is 17.9. The lowest BCUT2D eigenvalue weighted by atomic mass is 10.0. The van der Waals surface area contributed by atoms with E-state index in [1.54, 1.807) is 11.9 Å². The first-order valence-corrected chi connectivity index (χ1v) is 11.9. The molecule has 188 valence electrons. The van der Waals surface area contributed by atoms with Gasteiger partial charge in [-0.15, -0.1) is 0 Å². The standard InChI is InChI=1S/C31H31N3O3/c1-23(2)34(33-22-31(36)32-19-8-20-35)30(21-25(4)26-13-11-24(3)12-14-26)27-15-17-29(18-16-27)37-28-9-6-5-7-10-28/h5-7,9-18,20-22H,1,4,8,19H2,2-3H3,(H,32,36)/b30-21-,33-22+. The summed E-state index contributed by atoms with van der Waals surface area (Å²) in [5.41, 5.74) is 5.00. The van der Waals surface area contributed by atoms with Crippen LogP contribution in [0.3, 0.4) is 0 Å². The Bertz CT molecular complexity index is 1290. The summed E-state index contributed by atoms with van der Waals surface area (Å²) in [4.78, 5) is 22.7. The van der Waals surface area contributed by atoms with Gasteiger partial charge < -0.3 is 14.8 Å². The lowest BCUT2D eigenvalue weighted by Crippen LogP contribution is -2.26. The molecular weight excluding hydrogens is 462 g/mol. The second-order valence-electron chi connectivity index (χ2n) is 8.40. The molecule has 0 radical (unpaired) electrons. The SMILES string of the molecule is C=C(/C=C(/c1ccc(Oc2ccccc2)cc1)N(/N=C/C(=O)NCCC=O)C(=C)C)c1ccc(C)cc1. The minimum Gasteiger partial charge on any atom is -0.457 e. The van der Waals surface area contributed by atoms with Crippen LogP contribution in [0.5, 0.6) is 11.5 Å². The number of aryl methyl sites for hydroxylation is 1. The zero-order valence-electron chi connectivity index (χ0n) is 21.2. The van der Waals surface area contributed by atoms with Gasteiger partial charge in [-0.05, 0) is 67.5 Å². The summed E-state index contributed by atoms with van der Waals surface area (Å²) in [6.07, 6.45) is 4.08. The number of allylic oxidation sites excluding steroid dienone is 3. The number of nitrogens with zero attached hydrogens (tertiary/aromatic N) is 2. The number of aldehydes is 1. The van der Waals surface area contributed by atoms with Crippen LogP contribution in [0, 0.1) is 6.92 Å². The number of carbonyl (C=O) groups is 2. The fourth-order valence-corrected chi connectivity index (χ4v) is 3.38. The van der Waals surface area contributed by atoms with E-state index < -0.39 is 5.91 Å². The van der Waals surface area contributed by atoms with Gasteiger partial charge in [0.25, 0.3) is 5.91 Å². The van der Waals surface area contributed by atoms with Crippen molar-refractivity contribution in [3.05, 3.63) is 120 Å². The fraction of sp³-hybridized carbons (Fsp3) is 0.129. The van der Waals surface area contributed by atoms with Gasteiger partial charge >= 0.3 is 0 Å². The van der Waals surface area contributed by atoms with Crippen molar-refractivity contribution in [2.45, 2.75) is 20.3 Å². The molecule has 0 aromatic heterocycles. The molecule has 6 nitrogen and oxygen atoms in total. The van der Waals surface area contributed by atoms with Crippen LogP contribution in [-0.2, 0) is 9.59 Å². The van der Waals surface area contributed by atoms with E-state index in [-0.39, 0.29) is 13.0 Å². The molecule has 3 aromatic carbocycles. The highest BCUT2D eigenvalue weighted by Crippen LogP contribution is 2.30. The molecule has 37 heavy (non-hydrogen) atoms. The van der Waals surface area contributed by atoms with Crippen LogP contribution in [0.4, 0.5) is 0 Å². The Labute approximate surface area is 218 Å². The molecule has 0 fully saturated rings. The zero-order valence-corrected chi connectivity index (χ0v) is 21.2. The largest absolute Gasteiger partial charge is 0.457 e. The zero-order chi connectivity index (χ0) is 26.6. The highest BCUT2D eigenvalue weighted by atomic mass is 16.5. The maximum atomic E-state index is 12.2. The molecule has 0 bridgehead atoms. The molecule has 0 heterocycles. The number of carbonyl (C=O) groups excluding carboxylic acids is 2. The van der Waals surface area contributed by atoms with Crippen molar-refractivity contribution in [1.82, 2.24) is 10.3 Å². The predicted molar refractivity (Wildman–Crippen MR) is 150 cm³/mol. The number of nitrogens with one attached hydrogen (secondary N) is 1. The van der Waals surface area contributed by atoms with E-state index in [0.29, 0.717) is 17.1 Å². The molecular formula is C31H31N3O3. The Morgan fingerprint density at radius 1 is 0.946 bits per heavy atom. The fourth-order valence-electron chi connectivity index (χ4n) is 3.38. The summed E-state index contributed by atoms with van der Waals surface area (Å²) >= 11 is 0. The lowest BCUT2D eigenvalue weighted by Gasteiger charge is -2.23. The normalized spacial score (nSPS) is 11.1. The number of hydrogen-bond donors (Lipinski definition) is 1. The van der Waals surface area contributed by atoms with Gasteiger partial charge in [0, 0.05) is 24.2 Å². The third-order valence-electron chi connectivity index (χ3n) is 5.30. The van der Waals surface area contributed by atoms with E-state index in [9.17, 15) is 9.59 Å². The van der Waals surface area contributed by atoms with Gasteiger partial charge in [0.1, 0.15) is 24.0 Å². The van der Waals surface area contributed by atoms with Crippen molar-refractivity contribution >= 4 is 29.7 Å². The first-order valence-electron chi connectivity index (χ1n) is 11.9. The van der Waals surface area contributed by atoms with Gasteiger partial charge in [-0.3, -0.25) is 4.79 Å². The van der Waals surface area contributed by atoms with E-state index in [1.807, 2.05) is 91.9 Å². The maximum Gasteiger partial charge on any atom is 0.264 e. The van der Waals surface area contributed by atoms with Gasteiger partial charge in [-0.2, -0.15) is 5.10 Å². The Hall–Kier alpha value is -4.71. The van der Waals surface area contributed by atoms with E-state index >= 15 is 0 Å². The molecule has 0 saturated heterocycles. The first kappa shape index (κ1) is 26.9. The molecule has 3 rings (SSSR count). The van der Waals surface area contributed by atoms with Gasteiger partial charge in [0.15, 0.2) is 0 Å². The molecule has 1 amide bonds. The summed E-state index contributed by atoms with van der Waals surface area (Å²) in [5.74, 6) is 1.02. The second kappa shape index (κ2) is 13.4. The van der Waals surface area contributed by atoms with Crippen LogP contribution in [0.1, 0.15) is 30.0 Å². The third kappa shape index (κ3) is 8.18. The molecule has 0 spiro atoms. The third-order valence-corrected chi connectivity index (χ3v) is 5.30. The van der Waals surface area contributed by atoms with Crippen LogP contribution in [-0.4, -0.2) is 30.0 Å². The average Bonchev–Trinajstić information content (AvgIpc) is 2.89. The lowest BCUT2D eigenvalue weighted by molar-refractivity contribution is -0.114. The number of hydrazone groups is 1. The minimum absolute atomic E-state index is 0.239. The van der Waals surface area contributed by atoms with Gasteiger partial charge in [-0.1, -0.05) is 61.2 Å². The summed E-state index contributed by atoms with van der Waals surface area (Å²) < 4.78 is 5.93. The maximum absolute atomic E-state index is 12.2. The van der Waals surface area contributed by atoms with Gasteiger partial charge in [-0.25, -0.2) is 5.01 Å². The number of rotatable bonds is 12. The van der Waals surface area contributed by atoms with Crippen molar-refractivity contribution in [2.75, 3.05) is 6.54 Å². The molecule has 1 N–H and O–H groups in total. The Balaban J connectivity index is 1.95. The van der Waals surface area contributed by atoms with Crippen LogP contribution in [0.2, 0.25) is 0 Å². The number of amides is 1. The van der Waals surface area contributed by atoms with Crippen LogP contribution < -0.4 is 10.1 Å². The van der Waals surface area contributed by atoms with E-state index in [0.717, 1.165) is 34.3 Å². The van der Waals surface area contributed by atoms with Crippen LogP contribution in [0.15, 0.2) is 109 Å². The van der Waals surface area contributed by atoms with E-state index in [2.05, 4.69) is 23.6 Å². The van der Waals surface area contributed by atoms with Crippen molar-refractivity contribution in [3.63, 3.8) is 0 Å². The van der Waals surface area contributed by atoms with Crippen molar-refractivity contribution in [2.24, 2.45) is 5.10 Å². The Morgan fingerprint density at radius 3 is 2.19 bits per heavy atom. The quantitative estimate of drug-likeness (QED) is 0.105. The van der Waals surface area contributed by atoms with Gasteiger partial charge in [0.2, 0.25) is 0 Å². The highest BCUT2D eigenvalue weighted by molar-refractivity contribution is 6.26. The molecule has 0 saturated carbocycles. The molecule has 0 aliphatic heterocycles. The van der Waals surface area contributed by atoms with Crippen LogP contribution >= 0.6 is 0 Å².